The van der Waals surface area contributed by atoms with Crippen molar-refractivity contribution in [2.75, 3.05) is 23.3 Å². The van der Waals surface area contributed by atoms with E-state index in [1.54, 1.807) is 4.90 Å². The molecule has 0 spiro atoms. The molecule has 1 heterocycles. The Balaban J connectivity index is 1.56. The molecule has 114 valence electrons. The van der Waals surface area contributed by atoms with E-state index in [2.05, 4.69) is 5.32 Å². The van der Waals surface area contributed by atoms with Crippen molar-refractivity contribution >= 4 is 17.3 Å². The zero-order chi connectivity index (χ0) is 15.5. The van der Waals surface area contributed by atoms with Crippen LogP contribution in [0.2, 0.25) is 0 Å². The van der Waals surface area contributed by atoms with Gasteiger partial charge in [0, 0.05) is 30.9 Å². The van der Waals surface area contributed by atoms with Crippen LogP contribution in [0.25, 0.3) is 0 Å². The standard InChI is InChI=1S/C17H16F2N2O/c18-14-6-5-13(11-15(14)19)20-9-7-17(22)21-10-8-12-3-1-2-4-16(12)21/h1-6,11,20H,7-10H2. The summed E-state index contributed by atoms with van der Waals surface area (Å²) in [6.45, 7) is 1.08. The van der Waals surface area contributed by atoms with Gasteiger partial charge in [-0.25, -0.2) is 8.78 Å². The molecule has 0 saturated heterocycles. The van der Waals surface area contributed by atoms with Crippen LogP contribution in [0.5, 0.6) is 0 Å². The van der Waals surface area contributed by atoms with Gasteiger partial charge >= 0.3 is 0 Å². The quantitative estimate of drug-likeness (QED) is 0.939. The van der Waals surface area contributed by atoms with Crippen molar-refractivity contribution in [3.05, 3.63) is 59.7 Å². The molecule has 22 heavy (non-hydrogen) atoms. The average Bonchev–Trinajstić information content (AvgIpc) is 2.95. The second-order valence-electron chi connectivity index (χ2n) is 5.23. The predicted octanol–water partition coefficient (Wildman–Crippen LogP) is 3.36. The molecule has 3 nitrogen and oxygen atoms in total. The van der Waals surface area contributed by atoms with Crippen molar-refractivity contribution in [2.24, 2.45) is 0 Å². The van der Waals surface area contributed by atoms with Crippen LogP contribution in [0.3, 0.4) is 0 Å². The predicted molar refractivity (Wildman–Crippen MR) is 82.0 cm³/mol. The highest BCUT2D eigenvalue weighted by Crippen LogP contribution is 2.27. The first kappa shape index (κ1) is 14.5. The monoisotopic (exact) mass is 302 g/mol. The zero-order valence-corrected chi connectivity index (χ0v) is 12.0. The maximum absolute atomic E-state index is 13.1. The summed E-state index contributed by atoms with van der Waals surface area (Å²) in [6.07, 6.45) is 1.17. The molecule has 2 aromatic carbocycles. The highest BCUT2D eigenvalue weighted by Gasteiger charge is 2.23. The van der Waals surface area contributed by atoms with Gasteiger partial charge in [0.2, 0.25) is 5.91 Å². The molecular weight excluding hydrogens is 286 g/mol. The first-order valence-corrected chi connectivity index (χ1v) is 7.22. The lowest BCUT2D eigenvalue weighted by atomic mass is 10.2. The molecule has 0 radical (unpaired) electrons. The Bertz CT molecular complexity index is 703. The van der Waals surface area contributed by atoms with Crippen LogP contribution in [0.15, 0.2) is 42.5 Å². The molecule has 0 aromatic heterocycles. The Hall–Kier alpha value is -2.43. The summed E-state index contributed by atoms with van der Waals surface area (Å²) < 4.78 is 25.9. The van der Waals surface area contributed by atoms with Gasteiger partial charge in [-0.05, 0) is 36.2 Å². The molecule has 0 fully saturated rings. The first-order valence-electron chi connectivity index (χ1n) is 7.22. The topological polar surface area (TPSA) is 32.3 Å². The lowest BCUT2D eigenvalue weighted by molar-refractivity contribution is -0.118. The average molecular weight is 302 g/mol. The second-order valence-corrected chi connectivity index (χ2v) is 5.23. The number of hydrogen-bond donors (Lipinski definition) is 1. The number of hydrogen-bond acceptors (Lipinski definition) is 2. The van der Waals surface area contributed by atoms with Crippen molar-refractivity contribution < 1.29 is 13.6 Å². The number of halogens is 2. The number of benzene rings is 2. The molecule has 0 unspecified atom stereocenters. The van der Waals surface area contributed by atoms with E-state index in [1.807, 2.05) is 24.3 Å². The molecule has 2 aromatic rings. The van der Waals surface area contributed by atoms with Gasteiger partial charge in [0.05, 0.1) is 0 Å². The minimum absolute atomic E-state index is 0.0278. The fourth-order valence-corrected chi connectivity index (χ4v) is 2.65. The van der Waals surface area contributed by atoms with Crippen LogP contribution in [0.1, 0.15) is 12.0 Å². The summed E-state index contributed by atoms with van der Waals surface area (Å²) in [7, 11) is 0. The number of rotatable bonds is 4. The normalized spacial score (nSPS) is 13.1. The third kappa shape index (κ3) is 2.93. The van der Waals surface area contributed by atoms with E-state index in [9.17, 15) is 13.6 Å². The van der Waals surface area contributed by atoms with Gasteiger partial charge in [0.1, 0.15) is 0 Å². The van der Waals surface area contributed by atoms with Crippen molar-refractivity contribution in [3.8, 4) is 0 Å². The molecule has 0 atom stereocenters. The molecule has 0 saturated carbocycles. The Morgan fingerprint density at radius 3 is 2.77 bits per heavy atom. The summed E-state index contributed by atoms with van der Waals surface area (Å²) in [5.41, 5.74) is 2.62. The van der Waals surface area contributed by atoms with E-state index < -0.39 is 11.6 Å². The van der Waals surface area contributed by atoms with E-state index in [0.717, 1.165) is 24.2 Å². The minimum atomic E-state index is -0.898. The third-order valence-electron chi connectivity index (χ3n) is 3.78. The van der Waals surface area contributed by atoms with Crippen molar-refractivity contribution in [1.29, 1.82) is 0 Å². The minimum Gasteiger partial charge on any atom is -0.384 e. The third-order valence-corrected chi connectivity index (χ3v) is 3.78. The molecule has 5 heteroatoms. The van der Waals surface area contributed by atoms with Crippen molar-refractivity contribution in [2.45, 2.75) is 12.8 Å². The van der Waals surface area contributed by atoms with Crippen molar-refractivity contribution in [1.82, 2.24) is 0 Å². The highest BCUT2D eigenvalue weighted by molar-refractivity contribution is 5.95. The molecule has 1 aliphatic heterocycles. The zero-order valence-electron chi connectivity index (χ0n) is 12.0. The van der Waals surface area contributed by atoms with E-state index in [4.69, 9.17) is 0 Å². The van der Waals surface area contributed by atoms with E-state index in [1.165, 1.54) is 11.6 Å². The Morgan fingerprint density at radius 1 is 1.14 bits per heavy atom. The number of nitrogens with one attached hydrogen (secondary N) is 1. The summed E-state index contributed by atoms with van der Waals surface area (Å²) in [5, 5.41) is 2.94. The van der Waals surface area contributed by atoms with Crippen LogP contribution in [-0.2, 0) is 11.2 Å². The van der Waals surface area contributed by atoms with Gasteiger partial charge in [0.25, 0.3) is 0 Å². The van der Waals surface area contributed by atoms with E-state index in [-0.39, 0.29) is 5.91 Å². The Kier molecular flexibility index (Phi) is 4.04. The summed E-state index contributed by atoms with van der Waals surface area (Å²) >= 11 is 0. The summed E-state index contributed by atoms with van der Waals surface area (Å²) in [6, 6.07) is 11.5. The molecule has 0 aliphatic carbocycles. The Morgan fingerprint density at radius 2 is 1.95 bits per heavy atom. The second kappa shape index (κ2) is 6.13. The van der Waals surface area contributed by atoms with E-state index in [0.29, 0.717) is 25.2 Å². The van der Waals surface area contributed by atoms with Gasteiger partial charge in [-0.1, -0.05) is 18.2 Å². The van der Waals surface area contributed by atoms with Crippen LogP contribution >= 0.6 is 0 Å². The fraction of sp³-hybridized carbons (Fsp3) is 0.235. The fourth-order valence-electron chi connectivity index (χ4n) is 2.65. The van der Waals surface area contributed by atoms with E-state index >= 15 is 0 Å². The Labute approximate surface area is 127 Å². The summed E-state index contributed by atoms with van der Waals surface area (Å²) in [4.78, 5) is 14.1. The lowest BCUT2D eigenvalue weighted by Gasteiger charge is -2.17. The lowest BCUT2D eigenvalue weighted by Crippen LogP contribution is -2.30. The van der Waals surface area contributed by atoms with Crippen LogP contribution in [0.4, 0.5) is 20.2 Å². The molecular formula is C17H16F2N2O. The van der Waals surface area contributed by atoms with Gasteiger partial charge < -0.3 is 10.2 Å². The number of fused-ring (bicyclic) bond motifs is 1. The smallest absolute Gasteiger partial charge is 0.228 e. The van der Waals surface area contributed by atoms with Crippen LogP contribution in [0, 0.1) is 11.6 Å². The number of nitrogens with zero attached hydrogens (tertiary/aromatic N) is 1. The number of carbonyl (C=O) groups excluding carboxylic acids is 1. The van der Waals surface area contributed by atoms with Crippen molar-refractivity contribution in [3.63, 3.8) is 0 Å². The largest absolute Gasteiger partial charge is 0.384 e. The molecule has 1 amide bonds. The molecule has 1 aliphatic rings. The first-order chi connectivity index (χ1) is 10.6. The van der Waals surface area contributed by atoms with Gasteiger partial charge in [-0.15, -0.1) is 0 Å². The maximum atomic E-state index is 13.1. The highest BCUT2D eigenvalue weighted by atomic mass is 19.2. The maximum Gasteiger partial charge on any atom is 0.228 e. The van der Waals surface area contributed by atoms with Gasteiger partial charge in [0.15, 0.2) is 11.6 Å². The number of carbonyl (C=O) groups is 1. The molecule has 1 N–H and O–H groups in total. The van der Waals surface area contributed by atoms with Gasteiger partial charge in [-0.2, -0.15) is 0 Å². The number of anilines is 2. The summed E-state index contributed by atoms with van der Waals surface area (Å²) in [5.74, 6) is -1.75. The van der Waals surface area contributed by atoms with Gasteiger partial charge in [-0.3, -0.25) is 4.79 Å². The number of amides is 1. The molecule has 0 bridgehead atoms. The number of para-hydroxylation sites is 1. The van der Waals surface area contributed by atoms with Crippen LogP contribution < -0.4 is 10.2 Å². The van der Waals surface area contributed by atoms with Crippen LogP contribution in [-0.4, -0.2) is 19.0 Å². The SMILES string of the molecule is O=C(CCNc1ccc(F)c(F)c1)N1CCc2ccccc21. The molecule has 3 rings (SSSR count).